The van der Waals surface area contributed by atoms with Gasteiger partial charge >= 0.3 is 5.97 Å². The van der Waals surface area contributed by atoms with Crippen molar-refractivity contribution in [2.24, 2.45) is 5.73 Å². The molecule has 0 saturated heterocycles. The first-order chi connectivity index (χ1) is 4.54. The Morgan fingerprint density at radius 1 is 1.70 bits per heavy atom. The molecule has 0 fully saturated rings. The van der Waals surface area contributed by atoms with Crippen LogP contribution >= 0.6 is 0 Å². The maximum atomic E-state index is 10.1. The monoisotopic (exact) mass is 147 g/mol. The van der Waals surface area contributed by atoms with E-state index >= 15 is 0 Å². The summed E-state index contributed by atoms with van der Waals surface area (Å²) in [5.41, 5.74) is 5.32. The van der Waals surface area contributed by atoms with Crippen molar-refractivity contribution in [2.45, 2.75) is 26.0 Å². The number of carboxylic acids is 1. The van der Waals surface area contributed by atoms with Gasteiger partial charge in [-0.1, -0.05) is 0 Å². The molecule has 0 saturated carbocycles. The molecule has 0 radical (unpaired) electrons. The number of hydrogen-bond acceptors (Lipinski definition) is 3. The first kappa shape index (κ1) is 9.39. The number of nitrogens with two attached hydrogens (primary N) is 1. The zero-order valence-corrected chi connectivity index (χ0v) is 6.20. The van der Waals surface area contributed by atoms with Gasteiger partial charge in [-0.3, -0.25) is 0 Å². The Bertz CT molecular complexity index is 114. The molecule has 0 rings (SSSR count). The van der Waals surface area contributed by atoms with Crippen LogP contribution in [0.15, 0.2) is 0 Å². The molecule has 4 nitrogen and oxygen atoms in total. The number of ether oxygens (including phenoxy) is 1. The van der Waals surface area contributed by atoms with Gasteiger partial charge in [-0.25, -0.2) is 4.79 Å². The van der Waals surface area contributed by atoms with Crippen molar-refractivity contribution >= 4 is 5.97 Å². The Morgan fingerprint density at radius 3 is 2.50 bits per heavy atom. The third-order valence-electron chi connectivity index (χ3n) is 0.957. The zero-order valence-electron chi connectivity index (χ0n) is 6.20. The van der Waals surface area contributed by atoms with Crippen LogP contribution in [0.2, 0.25) is 0 Å². The van der Waals surface area contributed by atoms with Crippen LogP contribution in [0, 0.1) is 0 Å². The summed E-state index contributed by atoms with van der Waals surface area (Å²) in [5, 5.41) is 8.33. The topological polar surface area (TPSA) is 72.5 Å². The molecule has 0 bridgehead atoms. The van der Waals surface area contributed by atoms with E-state index in [4.69, 9.17) is 15.6 Å². The zero-order chi connectivity index (χ0) is 8.15. The number of aliphatic carboxylic acids is 1. The molecule has 0 aromatic rings. The van der Waals surface area contributed by atoms with Gasteiger partial charge in [0.1, 0.15) is 0 Å². The van der Waals surface area contributed by atoms with Crippen LogP contribution in [0.4, 0.5) is 0 Å². The lowest BCUT2D eigenvalue weighted by Gasteiger charge is -2.09. The van der Waals surface area contributed by atoms with Gasteiger partial charge in [0, 0.05) is 6.04 Å². The van der Waals surface area contributed by atoms with Crippen LogP contribution < -0.4 is 5.73 Å². The highest BCUT2D eigenvalue weighted by molar-refractivity contribution is 5.71. The Morgan fingerprint density at radius 2 is 2.20 bits per heavy atom. The fourth-order valence-corrected chi connectivity index (χ4v) is 0.367. The van der Waals surface area contributed by atoms with E-state index < -0.39 is 12.1 Å². The minimum absolute atomic E-state index is 0.109. The van der Waals surface area contributed by atoms with Crippen molar-refractivity contribution in [3.63, 3.8) is 0 Å². The Balaban J connectivity index is 3.40. The van der Waals surface area contributed by atoms with Crippen LogP contribution in [0.3, 0.4) is 0 Å². The summed E-state index contributed by atoms with van der Waals surface area (Å²) in [7, 11) is 0. The van der Waals surface area contributed by atoms with Crippen molar-refractivity contribution in [3.8, 4) is 0 Å². The summed E-state index contributed by atoms with van der Waals surface area (Å²) in [6.45, 7) is 3.52. The number of carboxylic acid groups (broad SMARTS) is 1. The molecule has 0 aliphatic carbocycles. The fraction of sp³-hybridized carbons (Fsp3) is 0.833. The molecule has 2 atom stereocenters. The normalized spacial score (nSPS) is 16.3. The summed E-state index contributed by atoms with van der Waals surface area (Å²) >= 11 is 0. The van der Waals surface area contributed by atoms with Gasteiger partial charge in [-0.2, -0.15) is 0 Å². The first-order valence-electron chi connectivity index (χ1n) is 3.14. The Hall–Kier alpha value is -0.610. The van der Waals surface area contributed by atoms with E-state index in [0.29, 0.717) is 0 Å². The maximum absolute atomic E-state index is 10.1. The molecule has 0 aromatic heterocycles. The highest BCUT2D eigenvalue weighted by Crippen LogP contribution is 1.90. The van der Waals surface area contributed by atoms with Gasteiger partial charge < -0.3 is 15.6 Å². The summed E-state index contributed by atoms with van der Waals surface area (Å²) in [6, 6.07) is -0.109. The van der Waals surface area contributed by atoms with E-state index in [-0.39, 0.29) is 12.6 Å². The van der Waals surface area contributed by atoms with Gasteiger partial charge in [-0.05, 0) is 13.8 Å². The van der Waals surface area contributed by atoms with Crippen LogP contribution in [-0.2, 0) is 9.53 Å². The molecule has 3 N–H and O–H groups in total. The van der Waals surface area contributed by atoms with Gasteiger partial charge in [-0.15, -0.1) is 0 Å². The second-order valence-corrected chi connectivity index (χ2v) is 2.29. The molecule has 0 aliphatic rings. The Kier molecular flexibility index (Phi) is 3.99. The van der Waals surface area contributed by atoms with Gasteiger partial charge in [0.05, 0.1) is 6.61 Å². The average Bonchev–Trinajstić information content (AvgIpc) is 1.82. The lowest BCUT2D eigenvalue weighted by atomic mass is 10.4. The van der Waals surface area contributed by atoms with Crippen molar-refractivity contribution in [1.82, 2.24) is 0 Å². The fourth-order valence-electron chi connectivity index (χ4n) is 0.367. The van der Waals surface area contributed by atoms with E-state index in [1.807, 2.05) is 0 Å². The number of carbonyl (C=O) groups is 1. The molecule has 0 heterocycles. The first-order valence-corrected chi connectivity index (χ1v) is 3.14. The van der Waals surface area contributed by atoms with Crippen LogP contribution in [0.25, 0.3) is 0 Å². The average molecular weight is 147 g/mol. The van der Waals surface area contributed by atoms with E-state index in [1.54, 1.807) is 6.92 Å². The van der Waals surface area contributed by atoms with Gasteiger partial charge in [0.2, 0.25) is 0 Å². The summed E-state index contributed by atoms with van der Waals surface area (Å²) in [6.07, 6.45) is -0.758. The molecule has 10 heavy (non-hydrogen) atoms. The molecular weight excluding hydrogens is 134 g/mol. The second-order valence-electron chi connectivity index (χ2n) is 2.29. The largest absolute Gasteiger partial charge is 0.479 e. The van der Waals surface area contributed by atoms with Crippen LogP contribution in [-0.4, -0.2) is 29.8 Å². The summed E-state index contributed by atoms with van der Waals surface area (Å²) in [4.78, 5) is 10.1. The highest BCUT2D eigenvalue weighted by Gasteiger charge is 2.10. The van der Waals surface area contributed by atoms with Crippen molar-refractivity contribution in [3.05, 3.63) is 0 Å². The highest BCUT2D eigenvalue weighted by atomic mass is 16.5. The van der Waals surface area contributed by atoms with E-state index in [1.165, 1.54) is 6.92 Å². The number of rotatable bonds is 4. The summed E-state index contributed by atoms with van der Waals surface area (Å²) in [5.74, 6) is -0.958. The maximum Gasteiger partial charge on any atom is 0.332 e. The van der Waals surface area contributed by atoms with Gasteiger partial charge in [0.25, 0.3) is 0 Å². The molecule has 4 heteroatoms. The molecule has 0 amide bonds. The molecule has 60 valence electrons. The second kappa shape index (κ2) is 4.24. The van der Waals surface area contributed by atoms with E-state index in [9.17, 15) is 4.79 Å². The van der Waals surface area contributed by atoms with Crippen LogP contribution in [0.1, 0.15) is 13.8 Å². The molecule has 0 spiro atoms. The predicted octanol–water partition coefficient (Wildman–Crippen LogP) is -0.177. The minimum Gasteiger partial charge on any atom is -0.479 e. The predicted molar refractivity (Wildman–Crippen MR) is 36.7 cm³/mol. The number of hydrogen-bond donors (Lipinski definition) is 2. The third kappa shape index (κ3) is 4.29. The smallest absolute Gasteiger partial charge is 0.332 e. The summed E-state index contributed by atoms with van der Waals surface area (Å²) < 4.78 is 4.84. The molecular formula is C6H13NO3. The Labute approximate surface area is 60.0 Å². The lowest BCUT2D eigenvalue weighted by molar-refractivity contribution is -0.149. The SMILES string of the molecule is CC(N)COC(C)C(=O)O. The molecule has 2 unspecified atom stereocenters. The van der Waals surface area contributed by atoms with E-state index in [0.717, 1.165) is 0 Å². The molecule has 0 aromatic carbocycles. The quantitative estimate of drug-likeness (QED) is 0.578. The van der Waals surface area contributed by atoms with Crippen molar-refractivity contribution in [2.75, 3.05) is 6.61 Å². The van der Waals surface area contributed by atoms with Crippen LogP contribution in [0.5, 0.6) is 0 Å². The van der Waals surface area contributed by atoms with E-state index in [2.05, 4.69) is 0 Å². The molecule has 0 aliphatic heterocycles. The van der Waals surface area contributed by atoms with Crippen molar-refractivity contribution < 1.29 is 14.6 Å². The van der Waals surface area contributed by atoms with Gasteiger partial charge in [0.15, 0.2) is 6.10 Å². The lowest BCUT2D eigenvalue weighted by Crippen LogP contribution is -2.28. The third-order valence-corrected chi connectivity index (χ3v) is 0.957. The standard InChI is InChI=1S/C6H13NO3/c1-4(7)3-10-5(2)6(8)9/h4-5H,3,7H2,1-2H3,(H,8,9). The minimum atomic E-state index is -0.958. The van der Waals surface area contributed by atoms with Crippen molar-refractivity contribution in [1.29, 1.82) is 0 Å².